The summed E-state index contributed by atoms with van der Waals surface area (Å²) in [6.45, 7) is 6.30. The molecule has 1 fully saturated rings. The Morgan fingerprint density at radius 2 is 1.88 bits per heavy atom. The Hall–Kier alpha value is -1.86. The van der Waals surface area contributed by atoms with E-state index in [4.69, 9.17) is 0 Å². The lowest BCUT2D eigenvalue weighted by Crippen LogP contribution is -2.31. The summed E-state index contributed by atoms with van der Waals surface area (Å²) in [5.41, 5.74) is 2.12. The van der Waals surface area contributed by atoms with E-state index in [0.29, 0.717) is 0 Å². The highest BCUT2D eigenvalue weighted by Gasteiger charge is 2.20. The molecule has 2 aromatic rings. The van der Waals surface area contributed by atoms with Gasteiger partial charge < -0.3 is 9.47 Å². The molecule has 0 saturated carbocycles. The van der Waals surface area contributed by atoms with E-state index in [1.165, 1.54) is 19.3 Å². The molecule has 0 aliphatic carbocycles. The number of hydrogen-bond acceptors (Lipinski definition) is 4. The van der Waals surface area contributed by atoms with Gasteiger partial charge in [0.2, 0.25) is 0 Å². The van der Waals surface area contributed by atoms with E-state index in [1.54, 1.807) is 17.1 Å². The third-order valence-electron chi connectivity index (χ3n) is 4.59. The highest BCUT2D eigenvalue weighted by molar-refractivity contribution is 7.89. The molecule has 136 valence electrons. The lowest BCUT2D eigenvalue weighted by molar-refractivity contribution is 0.571. The Morgan fingerprint density at radius 3 is 2.56 bits per heavy atom. The first-order valence-corrected chi connectivity index (χ1v) is 10.3. The lowest BCUT2D eigenvalue weighted by atomic mass is 10.1. The molecule has 0 spiro atoms. The number of sulfonamides is 1. The predicted molar refractivity (Wildman–Crippen MR) is 99.1 cm³/mol. The minimum Gasteiger partial charge on any atom is -0.371 e. The zero-order valence-corrected chi connectivity index (χ0v) is 15.7. The fourth-order valence-corrected chi connectivity index (χ4v) is 4.03. The number of benzene rings is 1. The van der Waals surface area contributed by atoms with Gasteiger partial charge in [0.05, 0.1) is 6.33 Å². The van der Waals surface area contributed by atoms with Gasteiger partial charge in [-0.25, -0.2) is 18.1 Å². The molecule has 2 heterocycles. The summed E-state index contributed by atoms with van der Waals surface area (Å²) in [5.74, 6) is 0. The summed E-state index contributed by atoms with van der Waals surface area (Å²) in [6, 6.07) is 8.19. The largest absolute Gasteiger partial charge is 0.371 e. The summed E-state index contributed by atoms with van der Waals surface area (Å²) < 4.78 is 29.5. The van der Waals surface area contributed by atoms with E-state index in [1.807, 2.05) is 32.0 Å². The van der Waals surface area contributed by atoms with E-state index >= 15 is 0 Å². The SMILES string of the molecule is CC(C)n1cnc(S(=O)(=O)NCc2ccccc2N2CCCCC2)c1. The van der Waals surface area contributed by atoms with Crippen molar-refractivity contribution in [2.45, 2.75) is 50.7 Å². The molecule has 0 bridgehead atoms. The average Bonchev–Trinajstić information content (AvgIpc) is 3.12. The zero-order valence-electron chi connectivity index (χ0n) is 14.9. The summed E-state index contributed by atoms with van der Waals surface area (Å²) in [5, 5.41) is 0.0663. The van der Waals surface area contributed by atoms with E-state index in [9.17, 15) is 8.42 Å². The Morgan fingerprint density at radius 1 is 1.16 bits per heavy atom. The first kappa shape index (κ1) is 17.9. The third kappa shape index (κ3) is 4.22. The van der Waals surface area contributed by atoms with Crippen LogP contribution >= 0.6 is 0 Å². The molecule has 1 aliphatic heterocycles. The Kier molecular flexibility index (Phi) is 5.44. The van der Waals surface area contributed by atoms with Crippen molar-refractivity contribution in [3.8, 4) is 0 Å². The van der Waals surface area contributed by atoms with Crippen LogP contribution in [-0.2, 0) is 16.6 Å². The first-order valence-electron chi connectivity index (χ1n) is 8.83. The molecule has 6 nitrogen and oxygen atoms in total. The number of para-hydroxylation sites is 1. The smallest absolute Gasteiger partial charge is 0.259 e. The van der Waals surface area contributed by atoms with Gasteiger partial charge in [-0.15, -0.1) is 0 Å². The summed E-state index contributed by atoms with van der Waals surface area (Å²) in [6.07, 6.45) is 6.77. The number of hydrogen-bond donors (Lipinski definition) is 1. The number of rotatable bonds is 6. The van der Waals surface area contributed by atoms with Crippen LogP contribution in [0, 0.1) is 0 Å². The van der Waals surface area contributed by atoms with E-state index in [0.717, 1.165) is 24.3 Å². The van der Waals surface area contributed by atoms with Gasteiger partial charge in [0.25, 0.3) is 10.0 Å². The number of piperidine rings is 1. The maximum absolute atomic E-state index is 12.5. The van der Waals surface area contributed by atoms with Crippen molar-refractivity contribution in [3.63, 3.8) is 0 Å². The quantitative estimate of drug-likeness (QED) is 0.858. The van der Waals surface area contributed by atoms with Crippen LogP contribution in [0.4, 0.5) is 5.69 Å². The van der Waals surface area contributed by atoms with Crippen molar-refractivity contribution >= 4 is 15.7 Å². The minimum atomic E-state index is -3.62. The van der Waals surface area contributed by atoms with Crippen molar-refractivity contribution in [1.29, 1.82) is 0 Å². The molecule has 0 amide bonds. The lowest BCUT2D eigenvalue weighted by Gasteiger charge is -2.30. The molecule has 1 aliphatic rings. The van der Waals surface area contributed by atoms with Gasteiger partial charge in [-0.05, 0) is 44.7 Å². The van der Waals surface area contributed by atoms with Crippen LogP contribution < -0.4 is 9.62 Å². The van der Waals surface area contributed by atoms with Crippen molar-refractivity contribution in [2.24, 2.45) is 0 Å². The van der Waals surface area contributed by atoms with Crippen LogP contribution in [-0.4, -0.2) is 31.1 Å². The molecule has 0 unspecified atom stereocenters. The van der Waals surface area contributed by atoms with Crippen LogP contribution in [0.15, 0.2) is 41.8 Å². The van der Waals surface area contributed by atoms with Gasteiger partial charge in [0, 0.05) is 37.6 Å². The number of nitrogens with one attached hydrogen (secondary N) is 1. The Balaban J connectivity index is 1.74. The molecular weight excluding hydrogens is 336 g/mol. The first-order chi connectivity index (χ1) is 12.0. The molecule has 7 heteroatoms. The maximum Gasteiger partial charge on any atom is 0.259 e. The van der Waals surface area contributed by atoms with Gasteiger partial charge in [-0.1, -0.05) is 18.2 Å². The van der Waals surface area contributed by atoms with Crippen molar-refractivity contribution in [3.05, 3.63) is 42.4 Å². The molecule has 25 heavy (non-hydrogen) atoms. The second-order valence-electron chi connectivity index (χ2n) is 6.75. The van der Waals surface area contributed by atoms with Gasteiger partial charge >= 0.3 is 0 Å². The van der Waals surface area contributed by atoms with Gasteiger partial charge in [-0.2, -0.15) is 0 Å². The highest BCUT2D eigenvalue weighted by Crippen LogP contribution is 2.24. The van der Waals surface area contributed by atoms with Gasteiger partial charge in [-0.3, -0.25) is 0 Å². The number of nitrogens with zero attached hydrogens (tertiary/aromatic N) is 3. The standard InChI is InChI=1S/C18H26N4O2S/c1-15(2)22-13-18(19-14-22)25(23,24)20-12-16-8-4-5-9-17(16)21-10-6-3-7-11-21/h4-5,8-9,13-15,20H,3,6-7,10-12H2,1-2H3. The normalized spacial score (nSPS) is 15.7. The van der Waals surface area contributed by atoms with E-state index in [-0.39, 0.29) is 17.6 Å². The number of anilines is 1. The van der Waals surface area contributed by atoms with E-state index in [2.05, 4.69) is 20.7 Å². The average molecular weight is 362 g/mol. The molecular formula is C18H26N4O2S. The van der Waals surface area contributed by atoms with E-state index < -0.39 is 10.0 Å². The molecule has 0 atom stereocenters. The van der Waals surface area contributed by atoms with Crippen LogP contribution in [0.2, 0.25) is 0 Å². The fourth-order valence-electron chi connectivity index (χ4n) is 3.09. The van der Waals surface area contributed by atoms with Crippen molar-refractivity contribution in [1.82, 2.24) is 14.3 Å². The number of aromatic nitrogens is 2. The second kappa shape index (κ2) is 7.58. The highest BCUT2D eigenvalue weighted by atomic mass is 32.2. The Labute approximate surface area is 149 Å². The second-order valence-corrected chi connectivity index (χ2v) is 8.47. The summed E-state index contributed by atoms with van der Waals surface area (Å²) in [7, 11) is -3.62. The zero-order chi connectivity index (χ0) is 17.9. The van der Waals surface area contributed by atoms with Crippen LogP contribution in [0.5, 0.6) is 0 Å². The monoisotopic (exact) mass is 362 g/mol. The van der Waals surface area contributed by atoms with Crippen LogP contribution in [0.3, 0.4) is 0 Å². The topological polar surface area (TPSA) is 67.2 Å². The Bertz CT molecular complexity index is 808. The number of imidazole rings is 1. The summed E-state index contributed by atoms with van der Waals surface area (Å²) in [4.78, 5) is 6.38. The van der Waals surface area contributed by atoms with Gasteiger partial charge in [0.15, 0.2) is 5.03 Å². The molecule has 1 aromatic carbocycles. The van der Waals surface area contributed by atoms with Crippen molar-refractivity contribution < 1.29 is 8.42 Å². The molecule has 3 rings (SSSR count). The third-order valence-corrected chi connectivity index (χ3v) is 5.88. The predicted octanol–water partition coefficient (Wildman–Crippen LogP) is 2.93. The summed E-state index contributed by atoms with van der Waals surface area (Å²) >= 11 is 0. The van der Waals surface area contributed by atoms with Crippen LogP contribution in [0.25, 0.3) is 0 Å². The molecule has 1 aromatic heterocycles. The molecule has 1 saturated heterocycles. The molecule has 1 N–H and O–H groups in total. The maximum atomic E-state index is 12.5. The molecule has 0 radical (unpaired) electrons. The van der Waals surface area contributed by atoms with Crippen molar-refractivity contribution in [2.75, 3.05) is 18.0 Å². The fraction of sp³-hybridized carbons (Fsp3) is 0.500. The van der Waals surface area contributed by atoms with Gasteiger partial charge in [0.1, 0.15) is 0 Å². The minimum absolute atomic E-state index is 0.0663. The van der Waals surface area contributed by atoms with Crippen LogP contribution in [0.1, 0.15) is 44.7 Å².